The summed E-state index contributed by atoms with van der Waals surface area (Å²) >= 11 is 0. The number of ether oxygens (including phenoxy) is 2. The maximum absolute atomic E-state index is 13.0. The molecule has 0 atom stereocenters. The van der Waals surface area contributed by atoms with Crippen molar-refractivity contribution in [2.45, 2.75) is 26.4 Å². The number of amides is 1. The molecular weight excluding hydrogens is 386 g/mol. The van der Waals surface area contributed by atoms with E-state index in [9.17, 15) is 14.4 Å². The molecule has 1 N–H and O–H groups in total. The zero-order chi connectivity index (χ0) is 21.5. The van der Waals surface area contributed by atoms with Gasteiger partial charge in [-0.3, -0.25) is 18.7 Å². The average Bonchev–Trinajstić information content (AvgIpc) is 2.75. The molecule has 8 nitrogen and oxygen atoms in total. The van der Waals surface area contributed by atoms with E-state index in [1.165, 1.54) is 4.57 Å². The van der Waals surface area contributed by atoms with Crippen molar-refractivity contribution < 1.29 is 14.3 Å². The number of nitrogens with one attached hydrogen (secondary N) is 1. The fourth-order valence-electron chi connectivity index (χ4n) is 3.27. The van der Waals surface area contributed by atoms with E-state index < -0.39 is 11.6 Å². The van der Waals surface area contributed by atoms with Crippen molar-refractivity contribution in [3.05, 3.63) is 69.4 Å². The summed E-state index contributed by atoms with van der Waals surface area (Å²) in [6, 6.07) is 13.9. The van der Waals surface area contributed by atoms with Gasteiger partial charge in [-0.1, -0.05) is 24.3 Å². The Morgan fingerprint density at radius 3 is 2.53 bits per heavy atom. The molecule has 0 aliphatic carbocycles. The van der Waals surface area contributed by atoms with Crippen LogP contribution in [0.25, 0.3) is 10.9 Å². The topological polar surface area (TPSA) is 91.6 Å². The molecule has 8 heteroatoms. The molecule has 0 saturated carbocycles. The second-order valence-electron chi connectivity index (χ2n) is 6.67. The zero-order valence-corrected chi connectivity index (χ0v) is 17.1. The minimum atomic E-state index is -0.525. The third-order valence-electron chi connectivity index (χ3n) is 4.63. The van der Waals surface area contributed by atoms with E-state index in [0.717, 1.165) is 4.57 Å². The van der Waals surface area contributed by atoms with E-state index in [1.807, 2.05) is 13.0 Å². The summed E-state index contributed by atoms with van der Waals surface area (Å²) in [5.74, 6) is 0.159. The first-order valence-electron chi connectivity index (χ1n) is 9.79. The molecule has 0 fully saturated rings. The monoisotopic (exact) mass is 411 g/mol. The van der Waals surface area contributed by atoms with Crippen LogP contribution in [-0.2, 0) is 22.6 Å². The molecule has 0 unspecified atom stereocenters. The number of methoxy groups -OCH3 is 1. The molecular formula is C22H25N3O5. The van der Waals surface area contributed by atoms with Gasteiger partial charge in [-0.05, 0) is 37.6 Å². The summed E-state index contributed by atoms with van der Waals surface area (Å²) in [4.78, 5) is 38.6. The number of fused-ring (bicyclic) bond motifs is 1. The summed E-state index contributed by atoms with van der Waals surface area (Å²) in [6.07, 6.45) is 0.512. The Hall–Kier alpha value is -3.39. The minimum Gasteiger partial charge on any atom is -0.492 e. The summed E-state index contributed by atoms with van der Waals surface area (Å²) in [6.45, 7) is 2.73. The van der Waals surface area contributed by atoms with E-state index in [4.69, 9.17) is 9.47 Å². The lowest BCUT2D eigenvalue weighted by molar-refractivity contribution is -0.116. The van der Waals surface area contributed by atoms with Crippen molar-refractivity contribution in [3.63, 3.8) is 0 Å². The largest absolute Gasteiger partial charge is 0.492 e. The van der Waals surface area contributed by atoms with Crippen LogP contribution in [0.1, 0.15) is 13.3 Å². The van der Waals surface area contributed by atoms with E-state index >= 15 is 0 Å². The number of hydrogen-bond donors (Lipinski definition) is 1. The van der Waals surface area contributed by atoms with E-state index in [-0.39, 0.29) is 18.6 Å². The molecule has 0 aliphatic rings. The Balaban J connectivity index is 1.96. The maximum atomic E-state index is 13.0. The van der Waals surface area contributed by atoms with Gasteiger partial charge in [0.1, 0.15) is 12.3 Å². The molecule has 1 amide bonds. The van der Waals surface area contributed by atoms with Gasteiger partial charge in [-0.2, -0.15) is 0 Å². The number of carbonyl (C=O) groups is 1. The highest BCUT2D eigenvalue weighted by Gasteiger charge is 2.16. The SMILES string of the molecule is CCOc1ccccc1NC(=O)Cn1c(=O)n(CCCOC)c(=O)c2ccccc21. The number of anilines is 1. The summed E-state index contributed by atoms with van der Waals surface area (Å²) < 4.78 is 13.0. The van der Waals surface area contributed by atoms with Crippen molar-refractivity contribution in [3.8, 4) is 5.75 Å². The van der Waals surface area contributed by atoms with Gasteiger partial charge in [-0.25, -0.2) is 4.79 Å². The fraction of sp³-hybridized carbons (Fsp3) is 0.318. The number of benzene rings is 2. The van der Waals surface area contributed by atoms with Gasteiger partial charge >= 0.3 is 5.69 Å². The van der Waals surface area contributed by atoms with E-state index in [2.05, 4.69) is 5.32 Å². The molecule has 0 aliphatic heterocycles. The van der Waals surface area contributed by atoms with Crippen molar-refractivity contribution in [2.75, 3.05) is 25.6 Å². The van der Waals surface area contributed by atoms with Gasteiger partial charge in [-0.15, -0.1) is 0 Å². The first-order valence-corrected chi connectivity index (χ1v) is 9.79. The van der Waals surface area contributed by atoms with Crippen LogP contribution in [0.5, 0.6) is 5.75 Å². The first-order chi connectivity index (χ1) is 14.6. The Bertz CT molecular complexity index is 1150. The number of para-hydroxylation sites is 3. The van der Waals surface area contributed by atoms with Crippen LogP contribution in [-0.4, -0.2) is 35.4 Å². The van der Waals surface area contributed by atoms with Crippen LogP contribution < -0.4 is 21.3 Å². The molecule has 30 heavy (non-hydrogen) atoms. The van der Waals surface area contributed by atoms with Crippen LogP contribution in [0, 0.1) is 0 Å². The van der Waals surface area contributed by atoms with Crippen LogP contribution in [0.4, 0.5) is 5.69 Å². The lowest BCUT2D eigenvalue weighted by Crippen LogP contribution is -2.42. The summed E-state index contributed by atoms with van der Waals surface area (Å²) in [5.41, 5.74) is 0.0481. The Labute approximate surface area is 173 Å². The number of carbonyl (C=O) groups excluding carboxylic acids is 1. The van der Waals surface area contributed by atoms with Crippen LogP contribution in [0.15, 0.2) is 58.1 Å². The molecule has 1 aromatic heterocycles. The molecule has 0 spiro atoms. The second-order valence-corrected chi connectivity index (χ2v) is 6.67. The number of rotatable bonds is 9. The van der Waals surface area contributed by atoms with Crippen molar-refractivity contribution in [2.24, 2.45) is 0 Å². The molecule has 0 saturated heterocycles. The third kappa shape index (κ3) is 4.60. The first kappa shape index (κ1) is 21.3. The molecule has 158 valence electrons. The maximum Gasteiger partial charge on any atom is 0.331 e. The molecule has 3 aromatic rings. The van der Waals surface area contributed by atoms with E-state index in [1.54, 1.807) is 49.6 Å². The van der Waals surface area contributed by atoms with Crippen molar-refractivity contribution in [1.29, 1.82) is 0 Å². The van der Waals surface area contributed by atoms with Gasteiger partial charge in [0.25, 0.3) is 5.56 Å². The Morgan fingerprint density at radius 2 is 1.77 bits per heavy atom. The molecule has 3 rings (SSSR count). The minimum absolute atomic E-state index is 0.213. The highest BCUT2D eigenvalue weighted by molar-refractivity contribution is 5.93. The van der Waals surface area contributed by atoms with Gasteiger partial charge < -0.3 is 14.8 Å². The number of hydrogen-bond acceptors (Lipinski definition) is 5. The van der Waals surface area contributed by atoms with Crippen molar-refractivity contribution in [1.82, 2.24) is 9.13 Å². The van der Waals surface area contributed by atoms with Crippen LogP contribution in [0.2, 0.25) is 0 Å². The average molecular weight is 411 g/mol. The quantitative estimate of drug-likeness (QED) is 0.545. The standard InChI is InChI=1S/C22H25N3O5/c1-3-30-19-12-7-5-10-17(19)23-20(26)15-25-18-11-6-4-9-16(18)21(27)24(22(25)28)13-8-14-29-2/h4-7,9-12H,3,8,13-15H2,1-2H3,(H,23,26). The summed E-state index contributed by atoms with van der Waals surface area (Å²) in [5, 5.41) is 3.18. The normalized spacial score (nSPS) is 10.9. The number of nitrogens with zero attached hydrogens (tertiary/aromatic N) is 2. The predicted octanol–water partition coefficient (Wildman–Crippen LogP) is 2.24. The highest BCUT2D eigenvalue weighted by Crippen LogP contribution is 2.23. The van der Waals surface area contributed by atoms with Crippen LogP contribution >= 0.6 is 0 Å². The highest BCUT2D eigenvalue weighted by atomic mass is 16.5. The van der Waals surface area contributed by atoms with Gasteiger partial charge in [0, 0.05) is 20.3 Å². The molecule has 0 radical (unpaired) electrons. The van der Waals surface area contributed by atoms with Crippen molar-refractivity contribution >= 4 is 22.5 Å². The Morgan fingerprint density at radius 1 is 1.03 bits per heavy atom. The van der Waals surface area contributed by atoms with Crippen LogP contribution in [0.3, 0.4) is 0 Å². The number of aromatic nitrogens is 2. The Kier molecular flexibility index (Phi) is 7.03. The lowest BCUT2D eigenvalue weighted by Gasteiger charge is -2.15. The molecule has 0 bridgehead atoms. The molecule has 1 heterocycles. The lowest BCUT2D eigenvalue weighted by atomic mass is 10.2. The van der Waals surface area contributed by atoms with Gasteiger partial charge in [0.05, 0.1) is 23.2 Å². The second kappa shape index (κ2) is 9.89. The summed E-state index contributed by atoms with van der Waals surface area (Å²) in [7, 11) is 1.56. The molecule has 2 aromatic carbocycles. The predicted molar refractivity (Wildman–Crippen MR) is 115 cm³/mol. The smallest absolute Gasteiger partial charge is 0.331 e. The zero-order valence-electron chi connectivity index (χ0n) is 17.1. The van der Waals surface area contributed by atoms with Gasteiger partial charge in [0.2, 0.25) is 5.91 Å². The van der Waals surface area contributed by atoms with Gasteiger partial charge in [0.15, 0.2) is 0 Å². The fourth-order valence-corrected chi connectivity index (χ4v) is 3.27. The third-order valence-corrected chi connectivity index (χ3v) is 4.63. The van der Waals surface area contributed by atoms with E-state index in [0.29, 0.717) is 42.0 Å².